The fourth-order valence-corrected chi connectivity index (χ4v) is 3.43. The van der Waals surface area contributed by atoms with Crippen molar-refractivity contribution in [3.63, 3.8) is 0 Å². The van der Waals surface area contributed by atoms with Gasteiger partial charge >= 0.3 is 0 Å². The van der Waals surface area contributed by atoms with Crippen LogP contribution in [0.15, 0.2) is 24.3 Å². The number of benzene rings is 1. The molecule has 2 fully saturated rings. The molecule has 2 aliphatic heterocycles. The maximum absolute atomic E-state index is 12.9. The van der Waals surface area contributed by atoms with Crippen LogP contribution >= 0.6 is 0 Å². The molecule has 0 aromatic heterocycles. The summed E-state index contributed by atoms with van der Waals surface area (Å²) in [4.78, 5) is 14.9. The first-order valence-corrected chi connectivity index (χ1v) is 8.24. The predicted molar refractivity (Wildman–Crippen MR) is 87.3 cm³/mol. The Balaban J connectivity index is 1.80. The lowest BCUT2D eigenvalue weighted by Crippen LogP contribution is -2.51. The summed E-state index contributed by atoms with van der Waals surface area (Å²) in [6.45, 7) is 2.67. The largest absolute Gasteiger partial charge is 0.496 e. The number of carbonyl (C=O) groups excluding carboxylic acids is 1. The number of para-hydroxylation sites is 1. The van der Waals surface area contributed by atoms with E-state index in [4.69, 9.17) is 15.2 Å². The Hall–Kier alpha value is -1.63. The van der Waals surface area contributed by atoms with E-state index in [1.54, 1.807) is 7.11 Å². The van der Waals surface area contributed by atoms with Gasteiger partial charge in [0.1, 0.15) is 11.9 Å². The van der Waals surface area contributed by atoms with E-state index in [2.05, 4.69) is 5.32 Å². The van der Waals surface area contributed by atoms with Gasteiger partial charge in [0.25, 0.3) is 5.91 Å². The van der Waals surface area contributed by atoms with Crippen molar-refractivity contribution in [2.24, 2.45) is 5.73 Å². The van der Waals surface area contributed by atoms with Crippen LogP contribution in [-0.4, -0.2) is 56.3 Å². The zero-order valence-electron chi connectivity index (χ0n) is 13.5. The van der Waals surface area contributed by atoms with Crippen LogP contribution < -0.4 is 15.8 Å². The minimum atomic E-state index is -0.362. The summed E-state index contributed by atoms with van der Waals surface area (Å²) in [6.07, 6.45) is 1.26. The standard InChI is InChI=1S/C17H25N3O3/c1-22-15-5-3-2-4-13(15)14-11-19-8-9-20(14)17(21)16-7-6-12(10-18)23-16/h2-5,12,14,16,19H,6-11,18H2,1H3/t12-,14?,16+/m1/s1. The highest BCUT2D eigenvalue weighted by molar-refractivity contribution is 5.82. The first-order chi connectivity index (χ1) is 11.2. The van der Waals surface area contributed by atoms with Gasteiger partial charge < -0.3 is 25.4 Å². The number of amides is 1. The van der Waals surface area contributed by atoms with Crippen molar-refractivity contribution in [3.05, 3.63) is 29.8 Å². The second-order valence-electron chi connectivity index (χ2n) is 6.05. The third kappa shape index (κ3) is 3.34. The highest BCUT2D eigenvalue weighted by atomic mass is 16.5. The molecule has 3 atom stereocenters. The predicted octanol–water partition coefficient (Wildman–Crippen LogP) is 0.674. The van der Waals surface area contributed by atoms with Crippen molar-refractivity contribution in [2.75, 3.05) is 33.3 Å². The average Bonchev–Trinajstić information content (AvgIpc) is 3.10. The Morgan fingerprint density at radius 2 is 2.26 bits per heavy atom. The lowest BCUT2D eigenvalue weighted by molar-refractivity contribution is -0.146. The number of hydrogen-bond acceptors (Lipinski definition) is 5. The van der Waals surface area contributed by atoms with Crippen molar-refractivity contribution < 1.29 is 14.3 Å². The van der Waals surface area contributed by atoms with E-state index in [-0.39, 0.29) is 24.2 Å². The van der Waals surface area contributed by atoms with Crippen molar-refractivity contribution in [3.8, 4) is 5.75 Å². The molecule has 3 rings (SSSR count). The second-order valence-corrected chi connectivity index (χ2v) is 6.05. The summed E-state index contributed by atoms with van der Waals surface area (Å²) in [7, 11) is 1.66. The van der Waals surface area contributed by atoms with E-state index in [0.717, 1.165) is 37.2 Å². The maximum Gasteiger partial charge on any atom is 0.252 e. The fraction of sp³-hybridized carbons (Fsp3) is 0.588. The number of ether oxygens (including phenoxy) is 2. The number of rotatable bonds is 4. The molecule has 0 spiro atoms. The third-order valence-electron chi connectivity index (χ3n) is 4.67. The molecule has 6 heteroatoms. The summed E-state index contributed by atoms with van der Waals surface area (Å²) < 4.78 is 11.3. The zero-order chi connectivity index (χ0) is 16.2. The lowest BCUT2D eigenvalue weighted by atomic mass is 10.0. The zero-order valence-corrected chi connectivity index (χ0v) is 13.5. The number of nitrogens with two attached hydrogens (primary N) is 1. The van der Waals surface area contributed by atoms with Crippen LogP contribution in [0.25, 0.3) is 0 Å². The number of hydrogen-bond donors (Lipinski definition) is 2. The lowest BCUT2D eigenvalue weighted by Gasteiger charge is -2.38. The summed E-state index contributed by atoms with van der Waals surface area (Å²) in [5.41, 5.74) is 6.69. The van der Waals surface area contributed by atoms with Gasteiger partial charge in [0.05, 0.1) is 19.3 Å². The smallest absolute Gasteiger partial charge is 0.252 e. The normalized spacial score (nSPS) is 27.9. The monoisotopic (exact) mass is 319 g/mol. The van der Waals surface area contributed by atoms with E-state index >= 15 is 0 Å². The van der Waals surface area contributed by atoms with E-state index < -0.39 is 0 Å². The molecule has 1 unspecified atom stereocenters. The second kappa shape index (κ2) is 7.29. The van der Waals surface area contributed by atoms with Gasteiger partial charge in [0.15, 0.2) is 0 Å². The van der Waals surface area contributed by atoms with Crippen LogP contribution in [0.4, 0.5) is 0 Å². The molecule has 2 saturated heterocycles. The van der Waals surface area contributed by atoms with Crippen molar-refractivity contribution >= 4 is 5.91 Å². The molecule has 0 saturated carbocycles. The molecule has 3 N–H and O–H groups in total. The van der Waals surface area contributed by atoms with Crippen molar-refractivity contribution in [1.82, 2.24) is 10.2 Å². The van der Waals surface area contributed by atoms with E-state index in [0.29, 0.717) is 13.1 Å². The molecular weight excluding hydrogens is 294 g/mol. The van der Waals surface area contributed by atoms with E-state index in [1.807, 2.05) is 29.2 Å². The molecule has 23 heavy (non-hydrogen) atoms. The summed E-state index contributed by atoms with van der Waals surface area (Å²) in [5.74, 6) is 0.879. The molecule has 6 nitrogen and oxygen atoms in total. The SMILES string of the molecule is COc1ccccc1C1CNCCN1C(=O)[C@@H]1CC[C@H](CN)O1. The van der Waals surface area contributed by atoms with Crippen LogP contribution in [0.5, 0.6) is 5.75 Å². The number of carbonyl (C=O) groups is 1. The number of nitrogens with one attached hydrogen (secondary N) is 1. The fourth-order valence-electron chi connectivity index (χ4n) is 3.43. The quantitative estimate of drug-likeness (QED) is 0.853. The summed E-state index contributed by atoms with van der Waals surface area (Å²) in [6, 6.07) is 7.84. The van der Waals surface area contributed by atoms with Crippen LogP contribution in [-0.2, 0) is 9.53 Å². The Kier molecular flexibility index (Phi) is 5.15. The van der Waals surface area contributed by atoms with Gasteiger partial charge in [-0.05, 0) is 18.9 Å². The van der Waals surface area contributed by atoms with Crippen LogP contribution in [0.3, 0.4) is 0 Å². The topological polar surface area (TPSA) is 76.8 Å². The number of nitrogens with zero attached hydrogens (tertiary/aromatic N) is 1. The highest BCUT2D eigenvalue weighted by Crippen LogP contribution is 2.32. The van der Waals surface area contributed by atoms with Gasteiger partial charge in [-0.2, -0.15) is 0 Å². The summed E-state index contributed by atoms with van der Waals surface area (Å²) in [5, 5.41) is 3.37. The Labute approximate surface area is 136 Å². The molecule has 126 valence electrons. The molecular formula is C17H25N3O3. The van der Waals surface area contributed by atoms with E-state index in [1.165, 1.54) is 0 Å². The maximum atomic E-state index is 12.9. The molecule has 1 aromatic carbocycles. The van der Waals surface area contributed by atoms with Gasteiger partial charge in [-0.25, -0.2) is 0 Å². The van der Waals surface area contributed by atoms with Gasteiger partial charge in [0, 0.05) is 31.7 Å². The van der Waals surface area contributed by atoms with Crippen molar-refractivity contribution in [2.45, 2.75) is 31.1 Å². The van der Waals surface area contributed by atoms with Gasteiger partial charge in [0.2, 0.25) is 0 Å². The first kappa shape index (κ1) is 16.2. The summed E-state index contributed by atoms with van der Waals surface area (Å²) >= 11 is 0. The molecule has 0 bridgehead atoms. The highest BCUT2D eigenvalue weighted by Gasteiger charge is 2.37. The average molecular weight is 319 g/mol. The Bertz CT molecular complexity index is 552. The van der Waals surface area contributed by atoms with Gasteiger partial charge in [-0.3, -0.25) is 4.79 Å². The molecule has 0 radical (unpaired) electrons. The van der Waals surface area contributed by atoms with Crippen molar-refractivity contribution in [1.29, 1.82) is 0 Å². The van der Waals surface area contributed by atoms with Crippen LogP contribution in [0.2, 0.25) is 0 Å². The van der Waals surface area contributed by atoms with Crippen LogP contribution in [0.1, 0.15) is 24.4 Å². The number of piperazine rings is 1. The number of methoxy groups -OCH3 is 1. The molecule has 1 aromatic rings. The Morgan fingerprint density at radius 3 is 3.00 bits per heavy atom. The van der Waals surface area contributed by atoms with E-state index in [9.17, 15) is 4.79 Å². The first-order valence-electron chi connectivity index (χ1n) is 8.24. The molecule has 0 aliphatic carbocycles. The van der Waals surface area contributed by atoms with Gasteiger partial charge in [-0.1, -0.05) is 18.2 Å². The molecule has 2 heterocycles. The minimum absolute atomic E-state index is 0.0107. The Morgan fingerprint density at radius 1 is 1.43 bits per heavy atom. The minimum Gasteiger partial charge on any atom is -0.496 e. The van der Waals surface area contributed by atoms with Gasteiger partial charge in [-0.15, -0.1) is 0 Å². The molecule has 1 amide bonds. The van der Waals surface area contributed by atoms with Crippen LogP contribution in [0, 0.1) is 0 Å². The third-order valence-corrected chi connectivity index (χ3v) is 4.67. The molecule has 2 aliphatic rings.